The molecule has 4 heterocycles. The first-order valence-electron chi connectivity index (χ1n) is 6.61. The van der Waals surface area contributed by atoms with Crippen molar-refractivity contribution in [3.8, 4) is 22.5 Å². The predicted octanol–water partition coefficient (Wildman–Crippen LogP) is 3.84. The number of nitrogens with zero attached hydrogens (tertiary/aromatic N) is 2. The Labute approximate surface area is 134 Å². The molecule has 7 heteroatoms. The SMILES string of the molecule is N#CC1C(=N)Oc2n[nH]c(-c3cccs3)c2C1c1cccs1. The molecule has 1 aliphatic rings. The third kappa shape index (κ3) is 1.89. The Morgan fingerprint density at radius 1 is 1.27 bits per heavy atom. The van der Waals surface area contributed by atoms with Crippen molar-refractivity contribution in [2.24, 2.45) is 5.92 Å². The molecule has 2 atom stereocenters. The Morgan fingerprint density at radius 2 is 2.09 bits per heavy atom. The average Bonchev–Trinajstić information content (AvgIpc) is 3.26. The Hall–Kier alpha value is -2.43. The van der Waals surface area contributed by atoms with E-state index in [-0.39, 0.29) is 11.8 Å². The highest BCUT2D eigenvalue weighted by Crippen LogP contribution is 2.47. The number of rotatable bonds is 2. The molecule has 1 aliphatic heterocycles. The second-order valence-electron chi connectivity index (χ2n) is 4.86. The van der Waals surface area contributed by atoms with E-state index in [0.717, 1.165) is 21.0 Å². The molecule has 0 saturated heterocycles. The van der Waals surface area contributed by atoms with Crippen LogP contribution in [0, 0.1) is 22.7 Å². The average molecular weight is 326 g/mol. The molecule has 3 aromatic heterocycles. The zero-order chi connectivity index (χ0) is 15.1. The predicted molar refractivity (Wildman–Crippen MR) is 85.5 cm³/mol. The van der Waals surface area contributed by atoms with Crippen molar-refractivity contribution < 1.29 is 4.74 Å². The van der Waals surface area contributed by atoms with E-state index < -0.39 is 5.92 Å². The first kappa shape index (κ1) is 13.2. The third-order valence-electron chi connectivity index (χ3n) is 3.66. The molecule has 3 aromatic rings. The van der Waals surface area contributed by atoms with Gasteiger partial charge in [-0.05, 0) is 22.9 Å². The van der Waals surface area contributed by atoms with Gasteiger partial charge in [-0.3, -0.25) is 10.5 Å². The molecule has 0 radical (unpaired) electrons. The Bertz CT molecular complexity index is 858. The molecule has 0 fully saturated rings. The molecule has 0 bridgehead atoms. The summed E-state index contributed by atoms with van der Waals surface area (Å²) in [6.45, 7) is 0. The van der Waals surface area contributed by atoms with Gasteiger partial charge in [0.25, 0.3) is 0 Å². The van der Waals surface area contributed by atoms with Crippen LogP contribution in [0.25, 0.3) is 10.6 Å². The van der Waals surface area contributed by atoms with Crippen molar-refractivity contribution in [3.05, 3.63) is 45.5 Å². The maximum Gasteiger partial charge on any atom is 0.244 e. The van der Waals surface area contributed by atoms with Crippen molar-refractivity contribution in [2.75, 3.05) is 0 Å². The minimum absolute atomic E-state index is 0.0439. The summed E-state index contributed by atoms with van der Waals surface area (Å²) in [5.74, 6) is -0.504. The number of thiophene rings is 2. The van der Waals surface area contributed by atoms with Gasteiger partial charge in [-0.2, -0.15) is 5.26 Å². The molecule has 22 heavy (non-hydrogen) atoms. The highest BCUT2D eigenvalue weighted by molar-refractivity contribution is 7.13. The molecule has 0 amide bonds. The fourth-order valence-electron chi connectivity index (χ4n) is 2.70. The van der Waals surface area contributed by atoms with Crippen LogP contribution in [0.4, 0.5) is 0 Å². The Morgan fingerprint density at radius 3 is 2.77 bits per heavy atom. The van der Waals surface area contributed by atoms with E-state index >= 15 is 0 Å². The van der Waals surface area contributed by atoms with Crippen molar-refractivity contribution in [1.82, 2.24) is 10.2 Å². The van der Waals surface area contributed by atoms with Crippen LogP contribution in [0.3, 0.4) is 0 Å². The quantitative estimate of drug-likeness (QED) is 0.750. The lowest BCUT2D eigenvalue weighted by Gasteiger charge is -2.26. The lowest BCUT2D eigenvalue weighted by Crippen LogP contribution is -2.30. The van der Waals surface area contributed by atoms with E-state index in [0.29, 0.717) is 5.88 Å². The first-order valence-corrected chi connectivity index (χ1v) is 8.37. The lowest BCUT2D eigenvalue weighted by molar-refractivity contribution is 0.439. The first-order chi connectivity index (χ1) is 10.8. The number of fused-ring (bicyclic) bond motifs is 1. The van der Waals surface area contributed by atoms with E-state index in [2.05, 4.69) is 16.3 Å². The van der Waals surface area contributed by atoms with E-state index in [9.17, 15) is 5.26 Å². The standard InChI is InChI=1S/C15H10N4OS2/c16-7-8-11(9-3-1-5-21-9)12-13(10-4-2-6-22-10)18-19-15(12)20-14(8)17/h1-6,8,11,17H,(H,18,19). The van der Waals surface area contributed by atoms with Gasteiger partial charge >= 0.3 is 0 Å². The number of aromatic amines is 1. The van der Waals surface area contributed by atoms with Crippen molar-refractivity contribution >= 4 is 28.6 Å². The number of nitrogens with one attached hydrogen (secondary N) is 2. The van der Waals surface area contributed by atoms with Gasteiger partial charge < -0.3 is 4.74 Å². The maximum absolute atomic E-state index is 9.52. The normalized spacial score (nSPS) is 20.2. The second-order valence-corrected chi connectivity index (χ2v) is 6.79. The molecule has 0 spiro atoms. The second kappa shape index (κ2) is 5.09. The summed E-state index contributed by atoms with van der Waals surface area (Å²) in [7, 11) is 0. The summed E-state index contributed by atoms with van der Waals surface area (Å²) in [4.78, 5) is 2.09. The third-order valence-corrected chi connectivity index (χ3v) is 5.50. The molecular weight excluding hydrogens is 316 g/mol. The van der Waals surface area contributed by atoms with Crippen molar-refractivity contribution in [1.29, 1.82) is 10.7 Å². The van der Waals surface area contributed by atoms with Gasteiger partial charge in [-0.25, -0.2) is 0 Å². The summed E-state index contributed by atoms with van der Waals surface area (Å²) < 4.78 is 5.47. The molecular formula is C15H10N4OS2. The van der Waals surface area contributed by atoms with Crippen LogP contribution in [-0.4, -0.2) is 16.1 Å². The molecule has 0 aromatic carbocycles. The smallest absolute Gasteiger partial charge is 0.244 e. The molecule has 108 valence electrons. The van der Waals surface area contributed by atoms with Gasteiger partial charge in [-0.1, -0.05) is 12.1 Å². The number of aromatic nitrogens is 2. The van der Waals surface area contributed by atoms with Crippen LogP contribution in [0.1, 0.15) is 16.4 Å². The van der Waals surface area contributed by atoms with E-state index in [1.165, 1.54) is 0 Å². The van der Waals surface area contributed by atoms with Gasteiger partial charge in [0.1, 0.15) is 5.92 Å². The summed E-state index contributed by atoms with van der Waals surface area (Å²) >= 11 is 3.18. The molecule has 2 unspecified atom stereocenters. The van der Waals surface area contributed by atoms with Crippen LogP contribution in [0.15, 0.2) is 35.0 Å². The number of ether oxygens (including phenoxy) is 1. The zero-order valence-electron chi connectivity index (χ0n) is 11.2. The summed E-state index contributed by atoms with van der Waals surface area (Å²) in [5, 5.41) is 28.7. The lowest BCUT2D eigenvalue weighted by atomic mass is 9.83. The molecule has 5 nitrogen and oxygen atoms in total. The van der Waals surface area contributed by atoms with E-state index in [4.69, 9.17) is 10.1 Å². The fraction of sp³-hybridized carbons (Fsp3) is 0.133. The van der Waals surface area contributed by atoms with Crippen LogP contribution in [0.5, 0.6) is 5.88 Å². The Balaban J connectivity index is 1.95. The largest absolute Gasteiger partial charge is 0.422 e. The monoisotopic (exact) mass is 326 g/mol. The maximum atomic E-state index is 9.52. The summed E-state index contributed by atoms with van der Waals surface area (Å²) in [6.07, 6.45) is 0. The van der Waals surface area contributed by atoms with E-state index in [1.807, 2.05) is 35.0 Å². The van der Waals surface area contributed by atoms with Gasteiger partial charge in [0.2, 0.25) is 11.8 Å². The molecule has 0 aliphatic carbocycles. The van der Waals surface area contributed by atoms with Crippen LogP contribution >= 0.6 is 22.7 Å². The van der Waals surface area contributed by atoms with E-state index in [1.54, 1.807) is 22.7 Å². The topological polar surface area (TPSA) is 85.6 Å². The van der Waals surface area contributed by atoms with Gasteiger partial charge in [0, 0.05) is 4.88 Å². The zero-order valence-corrected chi connectivity index (χ0v) is 12.9. The minimum atomic E-state index is -0.637. The van der Waals surface area contributed by atoms with Gasteiger partial charge in [0.15, 0.2) is 0 Å². The summed E-state index contributed by atoms with van der Waals surface area (Å²) in [6, 6.07) is 10.1. The molecule has 4 rings (SSSR count). The molecule has 2 N–H and O–H groups in total. The van der Waals surface area contributed by atoms with Crippen LogP contribution in [0.2, 0.25) is 0 Å². The number of hydrogen-bond donors (Lipinski definition) is 2. The molecule has 0 saturated carbocycles. The fourth-order valence-corrected chi connectivity index (χ4v) is 4.31. The van der Waals surface area contributed by atoms with Crippen molar-refractivity contribution in [2.45, 2.75) is 5.92 Å². The van der Waals surface area contributed by atoms with Crippen LogP contribution < -0.4 is 4.74 Å². The van der Waals surface area contributed by atoms with Gasteiger partial charge in [0.05, 0.1) is 28.1 Å². The number of nitriles is 1. The highest BCUT2D eigenvalue weighted by Gasteiger charge is 2.41. The summed E-state index contributed by atoms with van der Waals surface area (Å²) in [5.41, 5.74) is 1.74. The van der Waals surface area contributed by atoms with Crippen LogP contribution in [-0.2, 0) is 0 Å². The Kier molecular flexibility index (Phi) is 3.06. The minimum Gasteiger partial charge on any atom is -0.422 e. The van der Waals surface area contributed by atoms with Gasteiger partial charge in [-0.15, -0.1) is 27.8 Å². The van der Waals surface area contributed by atoms with Crippen molar-refractivity contribution in [3.63, 3.8) is 0 Å². The number of hydrogen-bond acceptors (Lipinski definition) is 6. The highest BCUT2D eigenvalue weighted by atomic mass is 32.1. The number of H-pyrrole nitrogens is 1.